The van der Waals surface area contributed by atoms with Gasteiger partial charge in [-0.15, -0.1) is 0 Å². The Balaban J connectivity index is 2.22. The van der Waals surface area contributed by atoms with E-state index in [-0.39, 0.29) is 23.2 Å². The highest BCUT2D eigenvalue weighted by Gasteiger charge is 2.64. The normalized spacial score (nSPS) is 23.7. The molecule has 0 aliphatic heterocycles. The molecule has 1 heterocycles. The standard InChI is InChI=1S/C16H19FN2O2/c1-8(2)19-10-7-5-6-9(17)13(10)18-14(19)11-12(15(20)21)16(11,3)4/h5-8,11-12H,1-4H3,(H,20,21). The van der Waals surface area contributed by atoms with Gasteiger partial charge >= 0.3 is 5.97 Å². The van der Waals surface area contributed by atoms with E-state index in [1.165, 1.54) is 6.07 Å². The molecule has 112 valence electrons. The number of aromatic nitrogens is 2. The number of hydrogen-bond acceptors (Lipinski definition) is 2. The molecule has 0 bridgehead atoms. The summed E-state index contributed by atoms with van der Waals surface area (Å²) in [7, 11) is 0. The Bertz CT molecular complexity index is 733. The smallest absolute Gasteiger partial charge is 0.307 e. The van der Waals surface area contributed by atoms with E-state index in [1.54, 1.807) is 6.07 Å². The molecular weight excluding hydrogens is 271 g/mol. The Kier molecular flexibility index (Phi) is 2.87. The zero-order valence-corrected chi connectivity index (χ0v) is 12.6. The molecular formula is C16H19FN2O2. The highest BCUT2D eigenvalue weighted by atomic mass is 19.1. The van der Waals surface area contributed by atoms with Crippen LogP contribution in [-0.2, 0) is 4.79 Å². The summed E-state index contributed by atoms with van der Waals surface area (Å²) < 4.78 is 15.9. The van der Waals surface area contributed by atoms with E-state index in [0.29, 0.717) is 11.3 Å². The molecule has 0 spiro atoms. The van der Waals surface area contributed by atoms with Crippen LogP contribution in [0.1, 0.15) is 45.5 Å². The number of para-hydroxylation sites is 1. The van der Waals surface area contributed by atoms with Gasteiger partial charge in [-0.1, -0.05) is 19.9 Å². The number of hydrogen-bond donors (Lipinski definition) is 1. The molecule has 3 rings (SSSR count). The van der Waals surface area contributed by atoms with Gasteiger partial charge in [0.05, 0.1) is 11.4 Å². The monoisotopic (exact) mass is 290 g/mol. The van der Waals surface area contributed by atoms with Crippen LogP contribution >= 0.6 is 0 Å². The number of carbonyl (C=O) groups is 1. The largest absolute Gasteiger partial charge is 0.481 e. The van der Waals surface area contributed by atoms with Gasteiger partial charge in [0.25, 0.3) is 0 Å². The fraction of sp³-hybridized carbons (Fsp3) is 0.500. The van der Waals surface area contributed by atoms with E-state index in [4.69, 9.17) is 0 Å². The van der Waals surface area contributed by atoms with Crippen LogP contribution in [-0.4, -0.2) is 20.6 Å². The van der Waals surface area contributed by atoms with Crippen molar-refractivity contribution >= 4 is 17.0 Å². The van der Waals surface area contributed by atoms with Crippen molar-refractivity contribution in [2.45, 2.75) is 39.7 Å². The first-order chi connectivity index (χ1) is 9.76. The molecule has 1 aromatic carbocycles. The Labute approximate surface area is 122 Å². The lowest BCUT2D eigenvalue weighted by atomic mass is 10.1. The maximum absolute atomic E-state index is 14.0. The molecule has 1 saturated carbocycles. The third-order valence-electron chi connectivity index (χ3n) is 4.59. The van der Waals surface area contributed by atoms with Gasteiger partial charge in [-0.05, 0) is 31.4 Å². The average Bonchev–Trinajstić information content (AvgIpc) is 2.77. The number of aliphatic carboxylic acids is 1. The number of imidazole rings is 1. The van der Waals surface area contributed by atoms with Crippen LogP contribution in [0.5, 0.6) is 0 Å². The molecule has 1 aliphatic carbocycles. The van der Waals surface area contributed by atoms with Crippen LogP contribution < -0.4 is 0 Å². The first-order valence-electron chi connectivity index (χ1n) is 7.16. The van der Waals surface area contributed by atoms with Crippen molar-refractivity contribution in [1.82, 2.24) is 9.55 Å². The van der Waals surface area contributed by atoms with Gasteiger partial charge in [0.15, 0.2) is 5.82 Å². The van der Waals surface area contributed by atoms with Gasteiger partial charge in [0, 0.05) is 12.0 Å². The van der Waals surface area contributed by atoms with E-state index in [2.05, 4.69) is 4.98 Å². The highest BCUT2D eigenvalue weighted by molar-refractivity contribution is 5.80. The van der Waals surface area contributed by atoms with E-state index in [1.807, 2.05) is 38.3 Å². The maximum Gasteiger partial charge on any atom is 0.307 e. The number of rotatable bonds is 3. The van der Waals surface area contributed by atoms with E-state index >= 15 is 0 Å². The molecule has 0 radical (unpaired) electrons. The number of benzene rings is 1. The molecule has 1 N–H and O–H groups in total. The second kappa shape index (κ2) is 4.29. The summed E-state index contributed by atoms with van der Waals surface area (Å²) in [5.74, 6) is -1.13. The van der Waals surface area contributed by atoms with Crippen molar-refractivity contribution in [1.29, 1.82) is 0 Å². The van der Waals surface area contributed by atoms with Crippen molar-refractivity contribution in [3.8, 4) is 0 Å². The van der Waals surface area contributed by atoms with Gasteiger partial charge in [0.2, 0.25) is 0 Å². The summed E-state index contributed by atoms with van der Waals surface area (Å²) in [6, 6.07) is 4.98. The molecule has 2 atom stereocenters. The molecule has 1 aliphatic rings. The van der Waals surface area contributed by atoms with Gasteiger partial charge in [-0.2, -0.15) is 0 Å². The third kappa shape index (κ3) is 1.87. The molecule has 1 fully saturated rings. The molecule has 2 unspecified atom stereocenters. The number of carboxylic acid groups (broad SMARTS) is 1. The summed E-state index contributed by atoms with van der Waals surface area (Å²) in [5, 5.41) is 9.37. The molecule has 4 nitrogen and oxygen atoms in total. The third-order valence-corrected chi connectivity index (χ3v) is 4.59. The lowest BCUT2D eigenvalue weighted by Gasteiger charge is -2.13. The SMILES string of the molecule is CC(C)n1c(C2C(C(=O)O)C2(C)C)nc2c(F)cccc21. The second-order valence-electron chi connectivity index (χ2n) is 6.66. The van der Waals surface area contributed by atoms with Gasteiger partial charge in [-0.3, -0.25) is 4.79 Å². The summed E-state index contributed by atoms with van der Waals surface area (Å²) >= 11 is 0. The number of halogens is 1. The van der Waals surface area contributed by atoms with Crippen molar-refractivity contribution in [3.63, 3.8) is 0 Å². The van der Waals surface area contributed by atoms with Gasteiger partial charge in [-0.25, -0.2) is 9.37 Å². The fourth-order valence-electron chi connectivity index (χ4n) is 3.44. The number of nitrogens with zero attached hydrogens (tertiary/aromatic N) is 2. The zero-order valence-electron chi connectivity index (χ0n) is 12.6. The van der Waals surface area contributed by atoms with Crippen LogP contribution in [0.3, 0.4) is 0 Å². The number of carboxylic acids is 1. The topological polar surface area (TPSA) is 55.1 Å². The Morgan fingerprint density at radius 1 is 1.43 bits per heavy atom. The summed E-state index contributed by atoms with van der Waals surface area (Å²) in [6.07, 6.45) is 0. The van der Waals surface area contributed by atoms with E-state index in [9.17, 15) is 14.3 Å². The first-order valence-corrected chi connectivity index (χ1v) is 7.16. The van der Waals surface area contributed by atoms with Crippen LogP contribution in [0.2, 0.25) is 0 Å². The molecule has 0 amide bonds. The average molecular weight is 290 g/mol. The summed E-state index contributed by atoms with van der Waals surface area (Å²) in [4.78, 5) is 15.9. The van der Waals surface area contributed by atoms with Gasteiger partial charge in [0.1, 0.15) is 11.3 Å². The van der Waals surface area contributed by atoms with Crippen LogP contribution in [0.4, 0.5) is 4.39 Å². The van der Waals surface area contributed by atoms with Crippen molar-refractivity contribution in [2.75, 3.05) is 0 Å². The zero-order chi connectivity index (χ0) is 15.5. The van der Waals surface area contributed by atoms with E-state index in [0.717, 1.165) is 5.52 Å². The minimum absolute atomic E-state index is 0.0950. The minimum Gasteiger partial charge on any atom is -0.481 e. The van der Waals surface area contributed by atoms with Crippen molar-refractivity contribution in [3.05, 3.63) is 29.8 Å². The highest BCUT2D eigenvalue weighted by Crippen LogP contribution is 2.64. The Morgan fingerprint density at radius 2 is 2.10 bits per heavy atom. The number of fused-ring (bicyclic) bond motifs is 1. The predicted octanol–water partition coefficient (Wildman–Crippen LogP) is 3.58. The fourth-order valence-corrected chi connectivity index (χ4v) is 3.44. The van der Waals surface area contributed by atoms with Gasteiger partial charge < -0.3 is 9.67 Å². The maximum atomic E-state index is 14.0. The Morgan fingerprint density at radius 3 is 2.62 bits per heavy atom. The second-order valence-corrected chi connectivity index (χ2v) is 6.66. The summed E-state index contributed by atoms with van der Waals surface area (Å²) in [6.45, 7) is 7.86. The van der Waals surface area contributed by atoms with Crippen molar-refractivity contribution < 1.29 is 14.3 Å². The molecule has 5 heteroatoms. The van der Waals surface area contributed by atoms with Crippen molar-refractivity contribution in [2.24, 2.45) is 11.3 Å². The quantitative estimate of drug-likeness (QED) is 0.940. The minimum atomic E-state index is -0.812. The lowest BCUT2D eigenvalue weighted by Crippen LogP contribution is -2.08. The predicted molar refractivity (Wildman–Crippen MR) is 77.7 cm³/mol. The molecule has 21 heavy (non-hydrogen) atoms. The molecule has 2 aromatic rings. The van der Waals surface area contributed by atoms with Crippen LogP contribution in [0, 0.1) is 17.2 Å². The summed E-state index contributed by atoms with van der Waals surface area (Å²) in [5.41, 5.74) is 0.705. The van der Waals surface area contributed by atoms with Crippen LogP contribution in [0.15, 0.2) is 18.2 Å². The van der Waals surface area contributed by atoms with E-state index < -0.39 is 11.9 Å². The molecule has 0 saturated heterocycles. The first kappa shape index (κ1) is 14.0. The lowest BCUT2D eigenvalue weighted by molar-refractivity contribution is -0.139. The Hall–Kier alpha value is -1.91. The van der Waals surface area contributed by atoms with Crippen LogP contribution in [0.25, 0.3) is 11.0 Å². The molecule has 1 aromatic heterocycles.